The van der Waals surface area contributed by atoms with Crippen LogP contribution in [0.1, 0.15) is 27.7 Å². The Morgan fingerprint density at radius 1 is 1.27 bits per heavy atom. The molecule has 0 unspecified atom stereocenters. The average Bonchev–Trinajstić information content (AvgIpc) is 2.32. The normalized spacial score (nSPS) is 26.1. The van der Waals surface area contributed by atoms with Gasteiger partial charge in [0.2, 0.25) is 0 Å². The first-order valence-electron chi connectivity index (χ1n) is 5.02. The third kappa shape index (κ3) is 2.99. The average molecular weight is 295 g/mol. The minimum atomic E-state index is -0.369. The van der Waals surface area contributed by atoms with Crippen LogP contribution in [-0.4, -0.2) is 28.9 Å². The molecule has 2 nitrogen and oxygen atoms in total. The van der Waals surface area contributed by atoms with Crippen molar-refractivity contribution in [2.24, 2.45) is 0 Å². The summed E-state index contributed by atoms with van der Waals surface area (Å²) in [6, 6.07) is 0. The summed E-state index contributed by atoms with van der Waals surface area (Å²) < 4.78 is 11.6. The van der Waals surface area contributed by atoms with Crippen LogP contribution in [0, 0.1) is 0 Å². The standard InChI is InChI=1S/C10H17BBrClO2/c1-9(2)10(3,4)15-11(14-9)8(13)6-5-7-12/h5-6,8H,7H2,1-4H3/b6-5+/t8-/m1/s1. The van der Waals surface area contributed by atoms with Crippen LogP contribution in [0.25, 0.3) is 0 Å². The van der Waals surface area contributed by atoms with E-state index in [0.717, 1.165) is 5.33 Å². The van der Waals surface area contributed by atoms with Gasteiger partial charge in [0, 0.05) is 5.33 Å². The van der Waals surface area contributed by atoms with Crippen molar-refractivity contribution in [3.63, 3.8) is 0 Å². The Morgan fingerprint density at radius 2 is 1.73 bits per heavy atom. The molecule has 1 aliphatic rings. The van der Waals surface area contributed by atoms with Crippen LogP contribution in [0.15, 0.2) is 12.2 Å². The summed E-state index contributed by atoms with van der Waals surface area (Å²) in [7, 11) is -0.369. The fourth-order valence-electron chi connectivity index (χ4n) is 1.29. The van der Waals surface area contributed by atoms with Crippen LogP contribution < -0.4 is 0 Å². The molecule has 0 N–H and O–H groups in total. The van der Waals surface area contributed by atoms with Gasteiger partial charge >= 0.3 is 7.12 Å². The molecule has 0 aromatic heterocycles. The van der Waals surface area contributed by atoms with E-state index in [1.54, 1.807) is 0 Å². The van der Waals surface area contributed by atoms with E-state index in [2.05, 4.69) is 15.9 Å². The fraction of sp³-hybridized carbons (Fsp3) is 0.800. The van der Waals surface area contributed by atoms with Crippen molar-refractivity contribution in [1.29, 1.82) is 0 Å². The van der Waals surface area contributed by atoms with Crippen LogP contribution in [0.5, 0.6) is 0 Å². The maximum Gasteiger partial charge on any atom is 0.481 e. The highest BCUT2D eigenvalue weighted by molar-refractivity contribution is 9.09. The zero-order valence-electron chi connectivity index (χ0n) is 9.59. The number of hydrogen-bond donors (Lipinski definition) is 0. The molecular weight excluding hydrogens is 278 g/mol. The molecule has 1 saturated heterocycles. The molecule has 0 spiro atoms. The monoisotopic (exact) mass is 294 g/mol. The van der Waals surface area contributed by atoms with E-state index in [9.17, 15) is 0 Å². The first-order valence-corrected chi connectivity index (χ1v) is 6.58. The van der Waals surface area contributed by atoms with Gasteiger partial charge in [0.1, 0.15) is 0 Å². The maximum atomic E-state index is 6.16. The number of alkyl halides is 2. The quantitative estimate of drug-likeness (QED) is 0.452. The second-order valence-electron chi connectivity index (χ2n) is 4.65. The molecule has 86 valence electrons. The number of rotatable bonds is 3. The van der Waals surface area contributed by atoms with Gasteiger partial charge in [0.05, 0.1) is 16.5 Å². The van der Waals surface area contributed by atoms with Crippen molar-refractivity contribution >= 4 is 34.6 Å². The lowest BCUT2D eigenvalue weighted by Crippen LogP contribution is -2.41. The Balaban J connectivity index is 2.66. The van der Waals surface area contributed by atoms with E-state index >= 15 is 0 Å². The Hall–Kier alpha value is 0.495. The van der Waals surface area contributed by atoms with Crippen molar-refractivity contribution in [3.8, 4) is 0 Å². The lowest BCUT2D eigenvalue weighted by Gasteiger charge is -2.32. The number of hydrogen-bond acceptors (Lipinski definition) is 2. The summed E-state index contributed by atoms with van der Waals surface area (Å²) in [6.45, 7) is 8.07. The van der Waals surface area contributed by atoms with Crippen molar-refractivity contribution in [2.75, 3.05) is 5.33 Å². The third-order valence-corrected chi connectivity index (χ3v) is 3.67. The van der Waals surface area contributed by atoms with Gasteiger partial charge in [-0.2, -0.15) is 0 Å². The molecule has 0 bridgehead atoms. The molecule has 0 aliphatic carbocycles. The number of allylic oxidation sites excluding steroid dienone is 2. The van der Waals surface area contributed by atoms with Crippen LogP contribution in [0.2, 0.25) is 0 Å². The minimum absolute atomic E-state index is 0.247. The van der Waals surface area contributed by atoms with Gasteiger partial charge in [0.15, 0.2) is 0 Å². The summed E-state index contributed by atoms with van der Waals surface area (Å²) >= 11 is 9.47. The van der Waals surface area contributed by atoms with Crippen molar-refractivity contribution in [1.82, 2.24) is 0 Å². The summed E-state index contributed by atoms with van der Waals surface area (Å²) in [5, 5.41) is 0.541. The van der Waals surface area contributed by atoms with Gasteiger partial charge in [0.25, 0.3) is 0 Å². The van der Waals surface area contributed by atoms with Crippen LogP contribution in [-0.2, 0) is 9.31 Å². The zero-order valence-corrected chi connectivity index (χ0v) is 11.9. The van der Waals surface area contributed by atoms with Crippen molar-refractivity contribution < 1.29 is 9.31 Å². The third-order valence-electron chi connectivity index (χ3n) is 2.94. The molecule has 0 aromatic carbocycles. The van der Waals surface area contributed by atoms with Gasteiger partial charge in [-0.05, 0) is 27.7 Å². The molecule has 1 atom stereocenters. The first-order chi connectivity index (χ1) is 6.80. The van der Waals surface area contributed by atoms with Gasteiger partial charge in [-0.15, -0.1) is 11.6 Å². The van der Waals surface area contributed by atoms with E-state index < -0.39 is 0 Å². The Bertz CT molecular complexity index is 240. The molecule has 0 radical (unpaired) electrons. The largest absolute Gasteiger partial charge is 0.481 e. The first kappa shape index (κ1) is 13.6. The molecule has 1 rings (SSSR count). The molecule has 0 aromatic rings. The molecule has 0 saturated carbocycles. The van der Waals surface area contributed by atoms with E-state index in [1.165, 1.54) is 0 Å². The molecule has 0 amide bonds. The molecule has 1 aliphatic heterocycles. The smallest absolute Gasteiger partial charge is 0.402 e. The summed E-state index contributed by atoms with van der Waals surface area (Å²) in [5.41, 5.74) is -0.625. The van der Waals surface area contributed by atoms with E-state index in [4.69, 9.17) is 20.9 Å². The predicted molar refractivity (Wildman–Crippen MR) is 68.7 cm³/mol. The predicted octanol–water partition coefficient (Wildman–Crippen LogP) is 3.18. The number of halogens is 2. The molecule has 15 heavy (non-hydrogen) atoms. The van der Waals surface area contributed by atoms with E-state index in [0.29, 0.717) is 0 Å². The van der Waals surface area contributed by atoms with Gasteiger partial charge < -0.3 is 9.31 Å². The van der Waals surface area contributed by atoms with Gasteiger partial charge in [-0.3, -0.25) is 0 Å². The van der Waals surface area contributed by atoms with Crippen LogP contribution in [0.3, 0.4) is 0 Å². The minimum Gasteiger partial charge on any atom is -0.402 e. The molecular formula is C10H17BBrClO2. The molecule has 1 heterocycles. The Morgan fingerprint density at radius 3 is 2.13 bits per heavy atom. The van der Waals surface area contributed by atoms with Crippen molar-refractivity contribution in [3.05, 3.63) is 12.2 Å². The lowest BCUT2D eigenvalue weighted by atomic mass is 9.84. The highest BCUT2D eigenvalue weighted by Gasteiger charge is 2.53. The highest BCUT2D eigenvalue weighted by Crippen LogP contribution is 2.38. The second-order valence-corrected chi connectivity index (χ2v) is 5.80. The van der Waals surface area contributed by atoms with Crippen LogP contribution >= 0.6 is 27.5 Å². The van der Waals surface area contributed by atoms with Crippen LogP contribution in [0.4, 0.5) is 0 Å². The topological polar surface area (TPSA) is 18.5 Å². The van der Waals surface area contributed by atoms with E-state index in [1.807, 2.05) is 39.8 Å². The molecule has 1 fully saturated rings. The fourth-order valence-corrected chi connectivity index (χ4v) is 1.71. The Labute approximate surface area is 106 Å². The van der Waals surface area contributed by atoms with Crippen molar-refractivity contribution in [2.45, 2.75) is 44.2 Å². The summed E-state index contributed by atoms with van der Waals surface area (Å²) in [6.07, 6.45) is 3.83. The van der Waals surface area contributed by atoms with E-state index in [-0.39, 0.29) is 23.6 Å². The maximum absolute atomic E-state index is 6.16. The summed E-state index contributed by atoms with van der Waals surface area (Å²) in [5.74, 6) is 0. The molecule has 5 heteroatoms. The zero-order chi connectivity index (χ0) is 11.7. The highest BCUT2D eigenvalue weighted by atomic mass is 79.9. The van der Waals surface area contributed by atoms with Gasteiger partial charge in [-0.25, -0.2) is 0 Å². The lowest BCUT2D eigenvalue weighted by molar-refractivity contribution is 0.00578. The van der Waals surface area contributed by atoms with Gasteiger partial charge in [-0.1, -0.05) is 28.1 Å². The second kappa shape index (κ2) is 4.78. The summed E-state index contributed by atoms with van der Waals surface area (Å²) in [4.78, 5) is 0. The Kier molecular flexibility index (Phi) is 4.32. The SMILES string of the molecule is CC1(C)OB([C@H](Cl)/C=C/CBr)OC1(C)C.